The van der Waals surface area contributed by atoms with Crippen LogP contribution in [0.5, 0.6) is 0 Å². The standard InChI is InChI=1S/C28H25N3O6/c1-3-30(4-2)25(33)18-9-7-11-20(15-18)29-24(32)17-37-28(36)19-10-8-12-21(16-19)31-26(34)22-13-5-6-14-23(22)27(31)35/h5-16H,3-4,17H2,1-2H3,(H,29,32). The van der Waals surface area contributed by atoms with E-state index in [1.165, 1.54) is 24.3 Å². The fraction of sp³-hybridized carbons (Fsp3) is 0.179. The van der Waals surface area contributed by atoms with Gasteiger partial charge in [-0.25, -0.2) is 9.69 Å². The second-order valence-corrected chi connectivity index (χ2v) is 8.22. The van der Waals surface area contributed by atoms with Crippen molar-refractivity contribution in [2.24, 2.45) is 0 Å². The van der Waals surface area contributed by atoms with E-state index in [0.29, 0.717) is 35.5 Å². The van der Waals surface area contributed by atoms with Gasteiger partial charge in [0.15, 0.2) is 6.61 Å². The molecule has 0 spiro atoms. The number of hydrogen-bond donors (Lipinski definition) is 1. The molecular weight excluding hydrogens is 474 g/mol. The number of anilines is 2. The number of rotatable bonds is 8. The lowest BCUT2D eigenvalue weighted by molar-refractivity contribution is -0.119. The summed E-state index contributed by atoms with van der Waals surface area (Å²) in [7, 11) is 0. The molecule has 0 unspecified atom stereocenters. The second kappa shape index (κ2) is 10.9. The molecule has 0 atom stereocenters. The van der Waals surface area contributed by atoms with Crippen molar-refractivity contribution in [3.63, 3.8) is 0 Å². The molecule has 188 valence electrons. The summed E-state index contributed by atoms with van der Waals surface area (Å²) in [6.45, 7) is 4.34. The zero-order valence-corrected chi connectivity index (χ0v) is 20.4. The monoisotopic (exact) mass is 499 g/mol. The molecule has 0 aliphatic carbocycles. The summed E-state index contributed by atoms with van der Waals surface area (Å²) in [6, 6.07) is 18.9. The fourth-order valence-electron chi connectivity index (χ4n) is 4.03. The average molecular weight is 500 g/mol. The van der Waals surface area contributed by atoms with Gasteiger partial charge in [-0.2, -0.15) is 0 Å². The van der Waals surface area contributed by atoms with Crippen LogP contribution in [0.4, 0.5) is 11.4 Å². The van der Waals surface area contributed by atoms with E-state index in [0.717, 1.165) is 4.90 Å². The first-order chi connectivity index (χ1) is 17.8. The third-order valence-corrected chi connectivity index (χ3v) is 5.91. The Labute approximate surface area is 213 Å². The Kier molecular flexibility index (Phi) is 7.43. The smallest absolute Gasteiger partial charge is 0.338 e. The molecule has 4 amide bonds. The summed E-state index contributed by atoms with van der Waals surface area (Å²) in [5.41, 5.74) is 1.71. The number of imide groups is 1. The molecule has 0 fully saturated rings. The number of carbonyl (C=O) groups is 5. The zero-order valence-electron chi connectivity index (χ0n) is 20.4. The van der Waals surface area contributed by atoms with Gasteiger partial charge >= 0.3 is 5.97 Å². The quantitative estimate of drug-likeness (QED) is 0.373. The van der Waals surface area contributed by atoms with E-state index in [-0.39, 0.29) is 17.2 Å². The Balaban J connectivity index is 1.39. The van der Waals surface area contributed by atoms with E-state index < -0.39 is 30.3 Å². The van der Waals surface area contributed by atoms with Crippen LogP contribution in [0, 0.1) is 0 Å². The van der Waals surface area contributed by atoms with Gasteiger partial charge < -0.3 is 15.0 Å². The number of benzene rings is 3. The first-order valence-corrected chi connectivity index (χ1v) is 11.8. The van der Waals surface area contributed by atoms with Crippen molar-refractivity contribution >= 4 is 41.0 Å². The second-order valence-electron chi connectivity index (χ2n) is 8.22. The van der Waals surface area contributed by atoms with Crippen LogP contribution >= 0.6 is 0 Å². The predicted octanol–water partition coefficient (Wildman–Crippen LogP) is 3.76. The minimum absolute atomic E-state index is 0.0775. The number of hydrogen-bond acceptors (Lipinski definition) is 6. The highest BCUT2D eigenvalue weighted by molar-refractivity contribution is 6.34. The summed E-state index contributed by atoms with van der Waals surface area (Å²) in [5, 5.41) is 2.61. The molecule has 1 N–H and O–H groups in total. The number of carbonyl (C=O) groups excluding carboxylic acids is 5. The number of nitrogens with one attached hydrogen (secondary N) is 1. The van der Waals surface area contributed by atoms with Crippen LogP contribution in [0.1, 0.15) is 55.3 Å². The molecule has 0 aromatic heterocycles. The molecule has 1 aliphatic rings. The molecule has 0 saturated heterocycles. The zero-order chi connectivity index (χ0) is 26.5. The minimum Gasteiger partial charge on any atom is -0.452 e. The lowest BCUT2D eigenvalue weighted by atomic mass is 10.1. The molecule has 0 radical (unpaired) electrons. The van der Waals surface area contributed by atoms with Gasteiger partial charge in [0.05, 0.1) is 22.4 Å². The van der Waals surface area contributed by atoms with Gasteiger partial charge in [0.25, 0.3) is 23.6 Å². The third kappa shape index (κ3) is 5.25. The summed E-state index contributed by atoms with van der Waals surface area (Å²) in [5.74, 6) is -2.48. The molecule has 37 heavy (non-hydrogen) atoms. The molecule has 3 aromatic carbocycles. The Hall–Kier alpha value is -4.79. The van der Waals surface area contributed by atoms with Crippen LogP contribution < -0.4 is 10.2 Å². The number of amides is 4. The number of nitrogens with zero attached hydrogens (tertiary/aromatic N) is 2. The maximum absolute atomic E-state index is 12.7. The molecule has 0 bridgehead atoms. The highest BCUT2D eigenvalue weighted by Crippen LogP contribution is 2.28. The summed E-state index contributed by atoms with van der Waals surface area (Å²) < 4.78 is 5.13. The van der Waals surface area contributed by atoms with E-state index in [2.05, 4.69) is 5.32 Å². The van der Waals surface area contributed by atoms with E-state index in [9.17, 15) is 24.0 Å². The Morgan fingerprint density at radius 1 is 0.811 bits per heavy atom. The first-order valence-electron chi connectivity index (χ1n) is 11.8. The summed E-state index contributed by atoms with van der Waals surface area (Å²) >= 11 is 0. The molecule has 1 heterocycles. The minimum atomic E-state index is -0.793. The highest BCUT2D eigenvalue weighted by atomic mass is 16.5. The topological polar surface area (TPSA) is 113 Å². The third-order valence-electron chi connectivity index (χ3n) is 5.91. The van der Waals surface area contributed by atoms with E-state index in [4.69, 9.17) is 4.74 Å². The molecule has 0 saturated carbocycles. The summed E-state index contributed by atoms with van der Waals surface area (Å²) in [6.07, 6.45) is 0. The molecule has 9 nitrogen and oxygen atoms in total. The van der Waals surface area contributed by atoms with Gasteiger partial charge in [0, 0.05) is 24.3 Å². The van der Waals surface area contributed by atoms with Crippen LogP contribution in [0.2, 0.25) is 0 Å². The average Bonchev–Trinajstić information content (AvgIpc) is 3.17. The number of ether oxygens (including phenoxy) is 1. The van der Waals surface area contributed by atoms with Gasteiger partial charge in [0.2, 0.25) is 0 Å². The van der Waals surface area contributed by atoms with Crippen molar-refractivity contribution in [1.29, 1.82) is 0 Å². The van der Waals surface area contributed by atoms with Crippen molar-refractivity contribution in [1.82, 2.24) is 4.90 Å². The van der Waals surface area contributed by atoms with E-state index in [1.54, 1.807) is 53.4 Å². The lowest BCUT2D eigenvalue weighted by Gasteiger charge is -2.19. The SMILES string of the molecule is CCN(CC)C(=O)c1cccc(NC(=O)COC(=O)c2cccc(N3C(=O)c4ccccc4C3=O)c2)c1. The summed E-state index contributed by atoms with van der Waals surface area (Å²) in [4.78, 5) is 65.6. The van der Waals surface area contributed by atoms with Gasteiger partial charge in [-0.05, 0) is 62.4 Å². The van der Waals surface area contributed by atoms with Crippen LogP contribution in [0.15, 0.2) is 72.8 Å². The maximum Gasteiger partial charge on any atom is 0.338 e. The first kappa shape index (κ1) is 25.3. The largest absolute Gasteiger partial charge is 0.452 e. The molecule has 3 aromatic rings. The van der Waals surface area contributed by atoms with E-state index in [1.807, 2.05) is 13.8 Å². The Morgan fingerprint density at radius 3 is 2.08 bits per heavy atom. The fourth-order valence-corrected chi connectivity index (χ4v) is 4.03. The van der Waals surface area contributed by atoms with Crippen molar-refractivity contribution in [3.8, 4) is 0 Å². The normalized spacial score (nSPS) is 12.2. The predicted molar refractivity (Wildman–Crippen MR) is 137 cm³/mol. The molecule has 9 heteroatoms. The van der Waals surface area contributed by atoms with Crippen molar-refractivity contribution < 1.29 is 28.7 Å². The van der Waals surface area contributed by atoms with Crippen LogP contribution in [0.3, 0.4) is 0 Å². The highest BCUT2D eigenvalue weighted by Gasteiger charge is 2.36. The maximum atomic E-state index is 12.7. The Bertz CT molecular complexity index is 1360. The van der Waals surface area contributed by atoms with Crippen LogP contribution in [-0.2, 0) is 9.53 Å². The van der Waals surface area contributed by atoms with Gasteiger partial charge in [-0.15, -0.1) is 0 Å². The van der Waals surface area contributed by atoms with Crippen molar-refractivity contribution in [2.75, 3.05) is 29.9 Å². The molecule has 4 rings (SSSR count). The van der Waals surface area contributed by atoms with Crippen molar-refractivity contribution in [3.05, 3.63) is 95.1 Å². The van der Waals surface area contributed by atoms with Gasteiger partial charge in [0.1, 0.15) is 0 Å². The Morgan fingerprint density at radius 2 is 1.43 bits per heavy atom. The molecule has 1 aliphatic heterocycles. The van der Waals surface area contributed by atoms with Gasteiger partial charge in [-0.3, -0.25) is 19.2 Å². The molecular formula is C28H25N3O6. The van der Waals surface area contributed by atoms with Crippen LogP contribution in [0.25, 0.3) is 0 Å². The van der Waals surface area contributed by atoms with Crippen molar-refractivity contribution in [2.45, 2.75) is 13.8 Å². The van der Waals surface area contributed by atoms with Crippen LogP contribution in [-0.4, -0.2) is 54.2 Å². The number of esters is 1. The number of fused-ring (bicyclic) bond motifs is 1. The van der Waals surface area contributed by atoms with Gasteiger partial charge in [-0.1, -0.05) is 24.3 Å². The van der Waals surface area contributed by atoms with E-state index >= 15 is 0 Å². The lowest BCUT2D eigenvalue weighted by Crippen LogP contribution is -2.30.